The second-order valence-corrected chi connectivity index (χ2v) is 8.44. The molecule has 1 aliphatic heterocycles. The fraction of sp³-hybridized carbons (Fsp3) is 0.179. The van der Waals surface area contributed by atoms with E-state index in [0.29, 0.717) is 29.2 Å². The van der Waals surface area contributed by atoms with E-state index in [9.17, 15) is 14.7 Å². The largest absolute Gasteiger partial charge is 0.507 e. The Morgan fingerprint density at radius 3 is 2.46 bits per heavy atom. The van der Waals surface area contributed by atoms with Crippen LogP contribution >= 0.6 is 0 Å². The number of aliphatic hydroxyl groups excluding tert-OH is 1. The summed E-state index contributed by atoms with van der Waals surface area (Å²) in [6.45, 7) is 4.31. The zero-order chi connectivity index (χ0) is 24.5. The van der Waals surface area contributed by atoms with Crippen molar-refractivity contribution in [3.8, 4) is 5.75 Å². The molecule has 1 N–H and O–H groups in total. The fourth-order valence-corrected chi connectivity index (χ4v) is 4.31. The van der Waals surface area contributed by atoms with Crippen molar-refractivity contribution in [2.24, 2.45) is 0 Å². The third kappa shape index (κ3) is 4.05. The molecule has 1 fully saturated rings. The standard InChI is InChI=1S/C28H24N2O5/c1-3-14-34-22-12-10-19(11-13-22)25-24(27(32)28(33)30(25)23-15-17(2)35-29-23)26(31)21-9-8-18-6-4-5-7-20(18)16-21/h4-13,15-16,25,31H,3,14H2,1-2H3/b26-24+/t25-/m1/s1. The Morgan fingerprint density at radius 1 is 1.03 bits per heavy atom. The van der Waals surface area contributed by atoms with E-state index in [1.54, 1.807) is 49.4 Å². The number of Topliss-reactive ketones (excluding diaryl/α,β-unsaturated/α-hetero) is 1. The lowest BCUT2D eigenvalue weighted by atomic mass is 9.94. The number of benzene rings is 3. The van der Waals surface area contributed by atoms with Crippen LogP contribution < -0.4 is 9.64 Å². The van der Waals surface area contributed by atoms with Crippen LogP contribution in [0.4, 0.5) is 5.82 Å². The van der Waals surface area contributed by atoms with Crippen molar-refractivity contribution in [3.63, 3.8) is 0 Å². The van der Waals surface area contributed by atoms with Gasteiger partial charge in [0.2, 0.25) is 0 Å². The van der Waals surface area contributed by atoms with Crippen molar-refractivity contribution in [2.45, 2.75) is 26.3 Å². The summed E-state index contributed by atoms with van der Waals surface area (Å²) in [6.07, 6.45) is 0.874. The number of ketones is 1. The number of anilines is 1. The molecular weight excluding hydrogens is 444 g/mol. The van der Waals surface area contributed by atoms with Crippen molar-refractivity contribution in [1.82, 2.24) is 5.16 Å². The Balaban J connectivity index is 1.66. The molecule has 7 heteroatoms. The number of hydrogen-bond donors (Lipinski definition) is 1. The predicted octanol–water partition coefficient (Wildman–Crippen LogP) is 5.55. The number of aromatic nitrogens is 1. The molecule has 0 spiro atoms. The molecule has 1 aromatic heterocycles. The highest BCUT2D eigenvalue weighted by Crippen LogP contribution is 2.42. The molecule has 0 unspecified atom stereocenters. The smallest absolute Gasteiger partial charge is 0.301 e. The molecule has 176 valence electrons. The van der Waals surface area contributed by atoms with Crippen LogP contribution in [0.3, 0.4) is 0 Å². The topological polar surface area (TPSA) is 92.9 Å². The molecule has 7 nitrogen and oxygen atoms in total. The molecule has 35 heavy (non-hydrogen) atoms. The van der Waals surface area contributed by atoms with Gasteiger partial charge < -0.3 is 14.4 Å². The molecule has 0 aliphatic carbocycles. The molecular formula is C28H24N2O5. The number of rotatable bonds is 6. The number of ether oxygens (including phenoxy) is 1. The molecule has 1 saturated heterocycles. The molecule has 4 aromatic rings. The maximum absolute atomic E-state index is 13.3. The van der Waals surface area contributed by atoms with E-state index in [0.717, 1.165) is 17.2 Å². The fourth-order valence-electron chi connectivity index (χ4n) is 4.31. The van der Waals surface area contributed by atoms with E-state index in [2.05, 4.69) is 5.16 Å². The van der Waals surface area contributed by atoms with Crippen LogP contribution in [0.1, 0.15) is 36.3 Å². The number of nitrogens with zero attached hydrogens (tertiary/aromatic N) is 2. The van der Waals surface area contributed by atoms with Crippen molar-refractivity contribution in [3.05, 3.63) is 95.3 Å². The van der Waals surface area contributed by atoms with Gasteiger partial charge in [-0.05, 0) is 47.9 Å². The minimum absolute atomic E-state index is 0.00633. The zero-order valence-corrected chi connectivity index (χ0v) is 19.4. The van der Waals surface area contributed by atoms with Crippen LogP contribution in [-0.4, -0.2) is 28.6 Å². The van der Waals surface area contributed by atoms with E-state index in [4.69, 9.17) is 9.26 Å². The van der Waals surface area contributed by atoms with Crippen LogP contribution in [0.5, 0.6) is 5.75 Å². The van der Waals surface area contributed by atoms with Gasteiger partial charge >= 0.3 is 5.91 Å². The summed E-state index contributed by atoms with van der Waals surface area (Å²) in [6, 6.07) is 21.0. The third-order valence-electron chi connectivity index (χ3n) is 6.00. The lowest BCUT2D eigenvalue weighted by Crippen LogP contribution is -2.29. The Labute approximate surface area is 202 Å². The van der Waals surface area contributed by atoms with E-state index in [1.807, 2.05) is 37.3 Å². The quantitative estimate of drug-likeness (QED) is 0.227. The average molecular weight is 469 g/mol. The van der Waals surface area contributed by atoms with Crippen LogP contribution in [0.15, 0.2) is 82.9 Å². The van der Waals surface area contributed by atoms with E-state index in [1.165, 1.54) is 4.90 Å². The minimum atomic E-state index is -0.883. The molecule has 1 aliphatic rings. The highest BCUT2D eigenvalue weighted by atomic mass is 16.5. The summed E-state index contributed by atoms with van der Waals surface area (Å²) in [4.78, 5) is 27.7. The van der Waals surface area contributed by atoms with Gasteiger partial charge in [-0.1, -0.05) is 60.6 Å². The number of carbonyl (C=O) groups excluding carboxylic acids is 2. The highest BCUT2D eigenvalue weighted by molar-refractivity contribution is 6.51. The second-order valence-electron chi connectivity index (χ2n) is 8.44. The zero-order valence-electron chi connectivity index (χ0n) is 19.4. The Bertz CT molecular complexity index is 1450. The van der Waals surface area contributed by atoms with Crippen LogP contribution in [0, 0.1) is 6.92 Å². The first kappa shape index (κ1) is 22.4. The van der Waals surface area contributed by atoms with Crippen molar-refractivity contribution >= 4 is 34.0 Å². The van der Waals surface area contributed by atoms with Gasteiger partial charge in [-0.25, -0.2) is 0 Å². The Kier molecular flexibility index (Phi) is 5.82. The monoisotopic (exact) mass is 468 g/mol. The molecule has 5 rings (SSSR count). The van der Waals surface area contributed by atoms with Gasteiger partial charge in [0.15, 0.2) is 5.82 Å². The van der Waals surface area contributed by atoms with Gasteiger partial charge in [0.05, 0.1) is 18.2 Å². The maximum Gasteiger partial charge on any atom is 0.301 e. The molecule has 1 amide bonds. The molecule has 0 radical (unpaired) electrons. The lowest BCUT2D eigenvalue weighted by Gasteiger charge is -2.23. The summed E-state index contributed by atoms with van der Waals surface area (Å²) < 4.78 is 10.9. The summed E-state index contributed by atoms with van der Waals surface area (Å²) >= 11 is 0. The predicted molar refractivity (Wildman–Crippen MR) is 132 cm³/mol. The number of carbonyl (C=O) groups is 2. The molecule has 0 bridgehead atoms. The lowest BCUT2D eigenvalue weighted by molar-refractivity contribution is -0.132. The maximum atomic E-state index is 13.3. The van der Waals surface area contributed by atoms with E-state index < -0.39 is 17.7 Å². The first-order chi connectivity index (χ1) is 17.0. The molecule has 1 atom stereocenters. The number of fused-ring (bicyclic) bond motifs is 1. The number of aryl methyl sites for hydroxylation is 1. The van der Waals surface area contributed by atoms with Crippen molar-refractivity contribution in [1.29, 1.82) is 0 Å². The van der Waals surface area contributed by atoms with Gasteiger partial charge in [-0.15, -0.1) is 0 Å². The summed E-state index contributed by atoms with van der Waals surface area (Å²) in [5.74, 6) is -0.422. The molecule has 0 saturated carbocycles. The minimum Gasteiger partial charge on any atom is -0.507 e. The van der Waals surface area contributed by atoms with E-state index >= 15 is 0 Å². The van der Waals surface area contributed by atoms with Crippen LogP contribution in [0.25, 0.3) is 16.5 Å². The first-order valence-electron chi connectivity index (χ1n) is 11.4. The Morgan fingerprint density at radius 2 is 1.77 bits per heavy atom. The van der Waals surface area contributed by atoms with Crippen LogP contribution in [0.2, 0.25) is 0 Å². The third-order valence-corrected chi connectivity index (χ3v) is 6.00. The second kappa shape index (κ2) is 9.10. The van der Waals surface area contributed by atoms with Gasteiger partial charge in [0, 0.05) is 11.6 Å². The Hall–Kier alpha value is -4.39. The first-order valence-corrected chi connectivity index (χ1v) is 11.4. The van der Waals surface area contributed by atoms with Gasteiger partial charge in [0.1, 0.15) is 17.3 Å². The number of amides is 1. The highest BCUT2D eigenvalue weighted by Gasteiger charge is 2.48. The average Bonchev–Trinajstić information content (AvgIpc) is 3.42. The van der Waals surface area contributed by atoms with Gasteiger partial charge in [-0.2, -0.15) is 0 Å². The van der Waals surface area contributed by atoms with E-state index in [-0.39, 0.29) is 17.2 Å². The van der Waals surface area contributed by atoms with Crippen LogP contribution in [-0.2, 0) is 9.59 Å². The SMILES string of the molecule is CCCOc1ccc([C@@H]2/C(=C(\O)c3ccc4ccccc4c3)C(=O)C(=O)N2c2cc(C)on2)cc1. The summed E-state index contributed by atoms with van der Waals surface area (Å²) in [5.41, 5.74) is 1.08. The molecule has 2 heterocycles. The summed E-state index contributed by atoms with van der Waals surface area (Å²) in [7, 11) is 0. The van der Waals surface area contributed by atoms with Gasteiger partial charge in [-0.3, -0.25) is 14.5 Å². The number of aliphatic hydroxyl groups is 1. The van der Waals surface area contributed by atoms with Crippen molar-refractivity contribution in [2.75, 3.05) is 11.5 Å². The number of hydrogen-bond acceptors (Lipinski definition) is 6. The van der Waals surface area contributed by atoms with Gasteiger partial charge in [0.25, 0.3) is 5.78 Å². The molecule has 3 aromatic carbocycles. The summed E-state index contributed by atoms with van der Waals surface area (Å²) in [5, 5.41) is 17.2. The normalized spacial score (nSPS) is 17.3. The van der Waals surface area contributed by atoms with Crippen molar-refractivity contribution < 1.29 is 24.0 Å².